The molecular formula is C20H13F3N4O2S2. The van der Waals surface area contributed by atoms with Gasteiger partial charge in [0.25, 0.3) is 5.56 Å². The van der Waals surface area contributed by atoms with E-state index in [9.17, 15) is 23.1 Å². The predicted octanol–water partition coefficient (Wildman–Crippen LogP) is 5.04. The Morgan fingerprint density at radius 1 is 1.16 bits per heavy atom. The molecule has 6 nitrogen and oxygen atoms in total. The van der Waals surface area contributed by atoms with E-state index in [2.05, 4.69) is 14.3 Å². The summed E-state index contributed by atoms with van der Waals surface area (Å²) in [7, 11) is 0. The molecule has 0 aliphatic rings. The van der Waals surface area contributed by atoms with Gasteiger partial charge in [-0.2, -0.15) is 22.5 Å². The lowest BCUT2D eigenvalue weighted by Gasteiger charge is -2.15. The fourth-order valence-electron chi connectivity index (χ4n) is 3.01. The third-order valence-electron chi connectivity index (χ3n) is 4.42. The quantitative estimate of drug-likeness (QED) is 0.340. The zero-order valence-corrected chi connectivity index (χ0v) is 17.4. The molecule has 1 N–H and O–H groups in total. The van der Waals surface area contributed by atoms with Gasteiger partial charge in [-0.15, -0.1) is 0 Å². The van der Waals surface area contributed by atoms with Crippen molar-refractivity contribution in [3.05, 3.63) is 70.0 Å². The molecule has 2 aromatic carbocycles. The number of fused-ring (bicyclic) bond motifs is 1. The van der Waals surface area contributed by atoms with Crippen molar-refractivity contribution in [3.8, 4) is 11.6 Å². The van der Waals surface area contributed by atoms with Crippen molar-refractivity contribution in [2.45, 2.75) is 11.3 Å². The van der Waals surface area contributed by atoms with Crippen LogP contribution in [-0.4, -0.2) is 31.5 Å². The average Bonchev–Trinajstić information content (AvgIpc) is 3.21. The molecule has 11 heteroatoms. The van der Waals surface area contributed by atoms with Crippen LogP contribution in [0.25, 0.3) is 16.5 Å². The zero-order chi connectivity index (χ0) is 22.2. The summed E-state index contributed by atoms with van der Waals surface area (Å²) in [5.74, 6) is -0.527. The molecule has 0 atom stereocenters. The van der Waals surface area contributed by atoms with E-state index in [4.69, 9.17) is 0 Å². The molecule has 0 radical (unpaired) electrons. The second kappa shape index (κ2) is 8.16. The van der Waals surface area contributed by atoms with Gasteiger partial charge < -0.3 is 5.11 Å². The zero-order valence-electron chi connectivity index (χ0n) is 15.8. The third-order valence-corrected chi connectivity index (χ3v) is 5.71. The number of alkyl halides is 3. The number of hydrogen-bond acceptors (Lipinski definition) is 7. The maximum Gasteiger partial charge on any atom is 0.416 e. The molecule has 0 spiro atoms. The van der Waals surface area contributed by atoms with Crippen molar-refractivity contribution >= 4 is 45.4 Å². The van der Waals surface area contributed by atoms with E-state index in [1.54, 1.807) is 18.2 Å². The van der Waals surface area contributed by atoms with E-state index in [1.807, 2.05) is 6.26 Å². The van der Waals surface area contributed by atoms with Crippen LogP contribution in [0.5, 0.6) is 5.88 Å². The standard InChI is InChI=1S/C20H13F3N4O2S2/c1-30-19-25-18(31-26-19)24-10-15-13-7-2-3-8-14(13)16(28)27(17(15)29)12-6-4-5-11(9-12)20(21,22)23/h2-10,29H,1H3. The van der Waals surface area contributed by atoms with Gasteiger partial charge in [-0.25, -0.2) is 9.56 Å². The molecule has 0 fully saturated rings. The largest absolute Gasteiger partial charge is 0.494 e. The number of hydrogen-bond donors (Lipinski definition) is 1. The SMILES string of the molecule is CSc1nsc(N=Cc2c(O)n(-c3cccc(C(F)(F)F)c3)c(=O)c3ccccc23)n1. The lowest BCUT2D eigenvalue weighted by Crippen LogP contribution is -2.20. The lowest BCUT2D eigenvalue weighted by molar-refractivity contribution is -0.137. The first-order valence-corrected chi connectivity index (χ1v) is 10.8. The molecule has 2 heterocycles. The molecule has 0 aliphatic carbocycles. The number of pyridine rings is 1. The summed E-state index contributed by atoms with van der Waals surface area (Å²) in [5.41, 5.74) is -1.52. The van der Waals surface area contributed by atoms with E-state index in [1.165, 1.54) is 36.2 Å². The van der Waals surface area contributed by atoms with Crippen molar-refractivity contribution in [3.63, 3.8) is 0 Å². The number of aliphatic imine (C=N–C) groups is 1. The van der Waals surface area contributed by atoms with Gasteiger partial charge in [-0.05, 0) is 30.5 Å². The Morgan fingerprint density at radius 2 is 1.90 bits per heavy atom. The minimum atomic E-state index is -4.59. The van der Waals surface area contributed by atoms with Crippen LogP contribution in [0.15, 0.2) is 63.5 Å². The number of halogens is 3. The predicted molar refractivity (Wildman–Crippen MR) is 115 cm³/mol. The van der Waals surface area contributed by atoms with Gasteiger partial charge in [-0.1, -0.05) is 36.0 Å². The van der Waals surface area contributed by atoms with Crippen LogP contribution in [-0.2, 0) is 6.18 Å². The smallest absolute Gasteiger partial charge is 0.416 e. The highest BCUT2D eigenvalue weighted by Crippen LogP contribution is 2.32. The third kappa shape index (κ3) is 4.06. The fraction of sp³-hybridized carbons (Fsp3) is 0.100. The summed E-state index contributed by atoms with van der Waals surface area (Å²) in [6.07, 6.45) is -1.45. The lowest BCUT2D eigenvalue weighted by atomic mass is 10.1. The molecule has 0 bridgehead atoms. The first-order chi connectivity index (χ1) is 14.8. The van der Waals surface area contributed by atoms with E-state index in [0.29, 0.717) is 15.7 Å². The number of rotatable bonds is 4. The van der Waals surface area contributed by atoms with Crippen molar-refractivity contribution in [1.82, 2.24) is 13.9 Å². The molecule has 0 saturated carbocycles. The maximum atomic E-state index is 13.2. The van der Waals surface area contributed by atoms with Crippen LogP contribution >= 0.6 is 23.3 Å². The summed E-state index contributed by atoms with van der Waals surface area (Å²) in [6, 6.07) is 10.7. The molecule has 2 aromatic heterocycles. The van der Waals surface area contributed by atoms with Crippen molar-refractivity contribution in [2.24, 2.45) is 4.99 Å². The van der Waals surface area contributed by atoms with Crippen molar-refractivity contribution in [1.29, 1.82) is 0 Å². The van der Waals surface area contributed by atoms with Crippen LogP contribution < -0.4 is 5.56 Å². The number of nitrogens with zero attached hydrogens (tertiary/aromatic N) is 4. The highest BCUT2D eigenvalue weighted by molar-refractivity contribution is 7.98. The molecule has 158 valence electrons. The van der Waals surface area contributed by atoms with Gasteiger partial charge in [-0.3, -0.25) is 4.79 Å². The van der Waals surface area contributed by atoms with E-state index >= 15 is 0 Å². The number of benzene rings is 2. The molecule has 4 aromatic rings. The average molecular weight is 462 g/mol. The summed E-state index contributed by atoms with van der Waals surface area (Å²) in [6.45, 7) is 0. The molecule has 0 aliphatic heterocycles. The monoisotopic (exact) mass is 462 g/mol. The number of aromatic hydroxyl groups is 1. The molecule has 0 unspecified atom stereocenters. The normalized spacial score (nSPS) is 12.1. The van der Waals surface area contributed by atoms with E-state index in [0.717, 1.165) is 28.2 Å². The van der Waals surface area contributed by atoms with Crippen LogP contribution in [0.1, 0.15) is 11.1 Å². The second-order valence-electron chi connectivity index (χ2n) is 6.29. The topological polar surface area (TPSA) is 80.4 Å². The van der Waals surface area contributed by atoms with Crippen LogP contribution in [0.3, 0.4) is 0 Å². The number of thioether (sulfide) groups is 1. The highest BCUT2D eigenvalue weighted by Gasteiger charge is 2.31. The summed E-state index contributed by atoms with van der Waals surface area (Å²) >= 11 is 2.41. The van der Waals surface area contributed by atoms with Gasteiger partial charge in [0.2, 0.25) is 16.2 Å². The Balaban J connectivity index is 1.95. The van der Waals surface area contributed by atoms with Crippen LogP contribution in [0.4, 0.5) is 18.3 Å². The van der Waals surface area contributed by atoms with Gasteiger partial charge in [0.1, 0.15) is 0 Å². The number of aromatic nitrogens is 3. The first kappa shape index (κ1) is 21.1. The van der Waals surface area contributed by atoms with Crippen LogP contribution in [0.2, 0.25) is 0 Å². The highest BCUT2D eigenvalue weighted by atomic mass is 32.2. The van der Waals surface area contributed by atoms with E-state index < -0.39 is 23.2 Å². The Labute approximate surface area is 181 Å². The maximum absolute atomic E-state index is 13.2. The van der Waals surface area contributed by atoms with Crippen LogP contribution in [0, 0.1) is 0 Å². The molecule has 31 heavy (non-hydrogen) atoms. The molecule has 4 rings (SSSR count). The first-order valence-electron chi connectivity index (χ1n) is 8.75. The fourth-order valence-corrected chi connectivity index (χ4v) is 4.08. The van der Waals surface area contributed by atoms with Crippen molar-refractivity contribution < 1.29 is 18.3 Å². The minimum Gasteiger partial charge on any atom is -0.494 e. The van der Waals surface area contributed by atoms with Gasteiger partial charge >= 0.3 is 6.18 Å². The summed E-state index contributed by atoms with van der Waals surface area (Å²) in [5, 5.41) is 12.4. The molecule has 0 saturated heterocycles. The molecular weight excluding hydrogens is 449 g/mol. The van der Waals surface area contributed by atoms with Gasteiger partial charge in [0.15, 0.2) is 0 Å². The Kier molecular flexibility index (Phi) is 5.54. The summed E-state index contributed by atoms with van der Waals surface area (Å²) < 4.78 is 44.5. The Hall–Kier alpha value is -3.18. The van der Waals surface area contributed by atoms with Crippen molar-refractivity contribution in [2.75, 3.05) is 6.26 Å². The van der Waals surface area contributed by atoms with Gasteiger partial charge in [0.05, 0.1) is 16.8 Å². The second-order valence-corrected chi connectivity index (χ2v) is 7.80. The summed E-state index contributed by atoms with van der Waals surface area (Å²) in [4.78, 5) is 21.4. The Morgan fingerprint density at radius 3 is 2.58 bits per heavy atom. The van der Waals surface area contributed by atoms with Gasteiger partial charge in [0, 0.05) is 28.5 Å². The molecule has 0 amide bonds. The Bertz CT molecular complexity index is 1360. The van der Waals surface area contributed by atoms with E-state index in [-0.39, 0.29) is 16.6 Å². The minimum absolute atomic E-state index is 0.113.